The maximum absolute atomic E-state index is 8.86. The summed E-state index contributed by atoms with van der Waals surface area (Å²) in [5, 5.41) is 9.51. The number of aliphatic hydroxyl groups excluding tert-OH is 1. The zero-order valence-electron chi connectivity index (χ0n) is 7.24. The first kappa shape index (κ1) is 9.96. The first-order valence-corrected chi connectivity index (χ1v) is 5.32. The van der Waals surface area contributed by atoms with Crippen LogP contribution in [0.25, 0.3) is 5.52 Å². The molecule has 0 atom stereocenters. The Morgan fingerprint density at radius 3 is 3.00 bits per heavy atom. The van der Waals surface area contributed by atoms with E-state index in [1.54, 1.807) is 6.20 Å². The number of fused-ring (bicyclic) bond motifs is 1. The molecule has 5 heteroatoms. The predicted molar refractivity (Wildman–Crippen MR) is 58.7 cm³/mol. The number of rotatable bonds is 2. The number of nitrogens with zero attached hydrogens (tertiary/aromatic N) is 2. The van der Waals surface area contributed by atoms with Crippen LogP contribution in [-0.2, 0) is 6.42 Å². The van der Waals surface area contributed by atoms with Crippen LogP contribution in [0, 0.1) is 0 Å². The van der Waals surface area contributed by atoms with Crippen LogP contribution in [0.2, 0.25) is 5.02 Å². The first-order valence-electron chi connectivity index (χ1n) is 4.15. The topological polar surface area (TPSA) is 37.5 Å². The second-order valence-corrected chi connectivity index (χ2v) is 4.08. The van der Waals surface area contributed by atoms with E-state index >= 15 is 0 Å². The molecular weight excluding hydrogens is 267 g/mol. The van der Waals surface area contributed by atoms with Gasteiger partial charge in [-0.3, -0.25) is 0 Å². The van der Waals surface area contributed by atoms with E-state index in [9.17, 15) is 0 Å². The van der Waals surface area contributed by atoms with Crippen molar-refractivity contribution in [3.05, 3.63) is 33.8 Å². The summed E-state index contributed by atoms with van der Waals surface area (Å²) in [6.45, 7) is 0.0814. The molecule has 2 aromatic heterocycles. The van der Waals surface area contributed by atoms with E-state index < -0.39 is 0 Å². The first-order chi connectivity index (χ1) is 6.72. The Labute approximate surface area is 94.5 Å². The van der Waals surface area contributed by atoms with Crippen molar-refractivity contribution in [1.82, 2.24) is 9.38 Å². The van der Waals surface area contributed by atoms with Gasteiger partial charge >= 0.3 is 0 Å². The summed E-state index contributed by atoms with van der Waals surface area (Å²) in [6, 6.07) is 3.70. The van der Waals surface area contributed by atoms with Gasteiger partial charge in [0.1, 0.15) is 10.4 Å². The third-order valence-corrected chi connectivity index (χ3v) is 2.77. The minimum Gasteiger partial charge on any atom is -0.396 e. The summed E-state index contributed by atoms with van der Waals surface area (Å²) in [5.74, 6) is 0.803. The van der Waals surface area contributed by atoms with Crippen molar-refractivity contribution in [2.75, 3.05) is 6.61 Å². The predicted octanol–water partition coefficient (Wildman–Crippen LogP) is 2.29. The molecule has 0 spiro atoms. The molecule has 74 valence electrons. The molecule has 0 aliphatic heterocycles. The smallest absolute Gasteiger partial charge is 0.132 e. The number of halogens is 2. The lowest BCUT2D eigenvalue weighted by molar-refractivity contribution is 0.296. The minimum absolute atomic E-state index is 0.0814. The number of pyridine rings is 1. The van der Waals surface area contributed by atoms with E-state index in [0.29, 0.717) is 11.4 Å². The van der Waals surface area contributed by atoms with Crippen LogP contribution >= 0.6 is 27.5 Å². The monoisotopic (exact) mass is 274 g/mol. The van der Waals surface area contributed by atoms with Gasteiger partial charge in [0.05, 0.1) is 17.1 Å². The molecule has 3 nitrogen and oxygen atoms in total. The fraction of sp³-hybridized carbons (Fsp3) is 0.222. The lowest BCUT2D eigenvalue weighted by Gasteiger charge is -1.98. The van der Waals surface area contributed by atoms with Crippen molar-refractivity contribution in [2.24, 2.45) is 0 Å². The highest BCUT2D eigenvalue weighted by Gasteiger charge is 2.08. The maximum Gasteiger partial charge on any atom is 0.132 e. The Hall–Kier alpha value is -0.580. The molecule has 14 heavy (non-hydrogen) atoms. The molecule has 0 radical (unpaired) electrons. The number of aromatic nitrogens is 2. The maximum atomic E-state index is 8.86. The second-order valence-electron chi connectivity index (χ2n) is 2.90. The summed E-state index contributed by atoms with van der Waals surface area (Å²) in [6.07, 6.45) is 2.31. The number of aliphatic hydroxyl groups is 1. The normalized spacial score (nSPS) is 11.1. The van der Waals surface area contributed by atoms with E-state index in [4.69, 9.17) is 16.7 Å². The van der Waals surface area contributed by atoms with Crippen molar-refractivity contribution < 1.29 is 5.11 Å². The minimum atomic E-state index is 0.0814. The lowest BCUT2D eigenvalue weighted by Crippen LogP contribution is -1.97. The van der Waals surface area contributed by atoms with Gasteiger partial charge in [0.25, 0.3) is 0 Å². The Morgan fingerprint density at radius 2 is 2.29 bits per heavy atom. The molecule has 0 unspecified atom stereocenters. The molecule has 0 fully saturated rings. The fourth-order valence-electron chi connectivity index (χ4n) is 1.36. The van der Waals surface area contributed by atoms with Crippen LogP contribution in [-0.4, -0.2) is 21.1 Å². The Morgan fingerprint density at radius 1 is 1.50 bits per heavy atom. The molecular formula is C9H8BrClN2O. The van der Waals surface area contributed by atoms with Crippen molar-refractivity contribution >= 4 is 33.0 Å². The van der Waals surface area contributed by atoms with Crippen molar-refractivity contribution in [3.63, 3.8) is 0 Å². The van der Waals surface area contributed by atoms with Gasteiger partial charge in [-0.25, -0.2) is 4.98 Å². The zero-order chi connectivity index (χ0) is 10.1. The van der Waals surface area contributed by atoms with E-state index in [1.807, 2.05) is 16.5 Å². The summed E-state index contributed by atoms with van der Waals surface area (Å²) in [7, 11) is 0. The average molecular weight is 276 g/mol. The molecule has 0 saturated carbocycles. The molecule has 2 heterocycles. The van der Waals surface area contributed by atoms with Gasteiger partial charge in [0.2, 0.25) is 0 Å². The van der Waals surface area contributed by atoms with Crippen LogP contribution in [0.5, 0.6) is 0 Å². The van der Waals surface area contributed by atoms with Crippen molar-refractivity contribution in [1.29, 1.82) is 0 Å². The third kappa shape index (κ3) is 1.65. The van der Waals surface area contributed by atoms with Crippen LogP contribution in [0.4, 0.5) is 0 Å². The molecule has 0 aromatic carbocycles. The summed E-state index contributed by atoms with van der Waals surface area (Å²) < 4.78 is 2.65. The second kappa shape index (κ2) is 3.88. The highest BCUT2D eigenvalue weighted by atomic mass is 79.9. The third-order valence-electron chi connectivity index (χ3n) is 1.96. The molecule has 1 N–H and O–H groups in total. The SMILES string of the molecule is OCCc1nc(Br)c2ccc(Cl)cn12. The fourth-order valence-corrected chi connectivity index (χ4v) is 2.05. The van der Waals surface area contributed by atoms with E-state index in [1.165, 1.54) is 0 Å². The van der Waals surface area contributed by atoms with Crippen molar-refractivity contribution in [2.45, 2.75) is 6.42 Å². The summed E-state index contributed by atoms with van der Waals surface area (Å²) >= 11 is 9.23. The Bertz CT molecular complexity index is 469. The Kier molecular flexibility index (Phi) is 2.76. The molecule has 2 rings (SSSR count). The van der Waals surface area contributed by atoms with E-state index in [0.717, 1.165) is 15.9 Å². The van der Waals surface area contributed by atoms with E-state index in [-0.39, 0.29) is 6.61 Å². The zero-order valence-corrected chi connectivity index (χ0v) is 9.59. The van der Waals surface area contributed by atoms with Crippen molar-refractivity contribution in [3.8, 4) is 0 Å². The highest BCUT2D eigenvalue weighted by Crippen LogP contribution is 2.21. The molecule has 0 aliphatic carbocycles. The van der Waals surface area contributed by atoms with Gasteiger partial charge in [0, 0.05) is 12.6 Å². The molecule has 0 bridgehead atoms. The molecule has 0 amide bonds. The number of hydrogen-bond donors (Lipinski definition) is 1. The molecule has 2 aromatic rings. The van der Waals surface area contributed by atoms with Crippen LogP contribution in [0.1, 0.15) is 5.82 Å². The van der Waals surface area contributed by atoms with Gasteiger partial charge in [0.15, 0.2) is 0 Å². The van der Waals surface area contributed by atoms with Crippen LogP contribution in [0.15, 0.2) is 22.9 Å². The highest BCUT2D eigenvalue weighted by molar-refractivity contribution is 9.10. The van der Waals surface area contributed by atoms with Gasteiger partial charge < -0.3 is 9.51 Å². The van der Waals surface area contributed by atoms with E-state index in [2.05, 4.69) is 20.9 Å². The quantitative estimate of drug-likeness (QED) is 0.913. The molecule has 0 aliphatic rings. The van der Waals surface area contributed by atoms with Gasteiger partial charge in [-0.1, -0.05) is 11.6 Å². The van der Waals surface area contributed by atoms with Gasteiger partial charge in [-0.05, 0) is 28.1 Å². The van der Waals surface area contributed by atoms with Crippen LogP contribution in [0.3, 0.4) is 0 Å². The van der Waals surface area contributed by atoms with Crippen LogP contribution < -0.4 is 0 Å². The van der Waals surface area contributed by atoms with Gasteiger partial charge in [-0.2, -0.15) is 0 Å². The number of imidazole rings is 1. The lowest BCUT2D eigenvalue weighted by atomic mass is 10.4. The standard InChI is InChI=1S/C9H8BrClN2O/c10-9-7-2-1-6(11)5-13(7)8(12-9)3-4-14/h1-2,5,14H,3-4H2. The summed E-state index contributed by atoms with van der Waals surface area (Å²) in [5.41, 5.74) is 0.956. The van der Waals surface area contributed by atoms with Gasteiger partial charge in [-0.15, -0.1) is 0 Å². The summed E-state index contributed by atoms with van der Waals surface area (Å²) in [4.78, 5) is 4.28. The number of hydrogen-bond acceptors (Lipinski definition) is 2. The average Bonchev–Trinajstić information content (AvgIpc) is 2.44. The Balaban J connectivity index is 2.66. The largest absolute Gasteiger partial charge is 0.396 e. The molecule has 0 saturated heterocycles.